The van der Waals surface area contributed by atoms with Gasteiger partial charge >= 0.3 is 0 Å². The van der Waals surface area contributed by atoms with Gasteiger partial charge < -0.3 is 30.7 Å². The van der Waals surface area contributed by atoms with E-state index in [1.54, 1.807) is 6.92 Å². The first-order valence-electron chi connectivity index (χ1n) is 8.62. The zero-order valence-electron chi connectivity index (χ0n) is 14.2. The van der Waals surface area contributed by atoms with Crippen molar-refractivity contribution in [1.82, 2.24) is 10.6 Å². The number of aliphatic hydroxyl groups is 3. The van der Waals surface area contributed by atoms with Crippen molar-refractivity contribution in [2.75, 3.05) is 19.8 Å². The van der Waals surface area contributed by atoms with Gasteiger partial charge in [-0.3, -0.25) is 4.79 Å². The Morgan fingerprint density at radius 2 is 1.83 bits per heavy atom. The van der Waals surface area contributed by atoms with Crippen molar-refractivity contribution in [3.05, 3.63) is 0 Å². The summed E-state index contributed by atoms with van der Waals surface area (Å²) in [6, 6.07) is -0.830. The van der Waals surface area contributed by atoms with E-state index in [0.29, 0.717) is 13.2 Å². The lowest BCUT2D eigenvalue weighted by atomic mass is 9.91. The lowest BCUT2D eigenvalue weighted by molar-refractivity contribution is -0.124. The number of hydrogen-bond donors (Lipinski definition) is 5. The number of unbranched alkanes of at least 4 members (excludes halogenated alkanes) is 3. The van der Waals surface area contributed by atoms with Crippen LogP contribution in [0.3, 0.4) is 0 Å². The van der Waals surface area contributed by atoms with Crippen molar-refractivity contribution in [2.45, 2.75) is 76.3 Å². The quantitative estimate of drug-likeness (QED) is 0.346. The monoisotopic (exact) mass is 332 g/mol. The van der Waals surface area contributed by atoms with Crippen molar-refractivity contribution in [3.8, 4) is 0 Å². The molecule has 1 heterocycles. The molecule has 7 nitrogen and oxygen atoms in total. The Morgan fingerprint density at radius 1 is 1.09 bits per heavy atom. The maximum Gasteiger partial charge on any atom is 0.222 e. The zero-order chi connectivity index (χ0) is 17.2. The van der Waals surface area contributed by atoms with Crippen molar-refractivity contribution in [3.63, 3.8) is 0 Å². The van der Waals surface area contributed by atoms with Crippen LogP contribution in [0.25, 0.3) is 0 Å². The van der Waals surface area contributed by atoms with Crippen LogP contribution in [-0.4, -0.2) is 71.4 Å². The third kappa shape index (κ3) is 7.14. The van der Waals surface area contributed by atoms with Crippen LogP contribution >= 0.6 is 0 Å². The molecule has 0 aromatic rings. The molecule has 0 aromatic heterocycles. The van der Waals surface area contributed by atoms with Gasteiger partial charge in [-0.2, -0.15) is 0 Å². The number of hydrogen-bond acceptors (Lipinski definition) is 6. The van der Waals surface area contributed by atoms with E-state index in [9.17, 15) is 20.1 Å². The summed E-state index contributed by atoms with van der Waals surface area (Å²) in [7, 11) is 0. The van der Waals surface area contributed by atoms with E-state index < -0.39 is 24.4 Å². The summed E-state index contributed by atoms with van der Waals surface area (Å²) in [4.78, 5) is 11.7. The van der Waals surface area contributed by atoms with Crippen LogP contribution in [0.5, 0.6) is 0 Å². The molecule has 0 aliphatic carbocycles. The summed E-state index contributed by atoms with van der Waals surface area (Å²) in [6.07, 6.45) is 1.51. The molecule has 1 fully saturated rings. The van der Waals surface area contributed by atoms with Crippen LogP contribution in [0, 0.1) is 0 Å². The molecule has 1 rings (SSSR count). The summed E-state index contributed by atoms with van der Waals surface area (Å²) in [6.45, 7) is 5.14. The summed E-state index contributed by atoms with van der Waals surface area (Å²) in [5.41, 5.74) is 0. The molecule has 1 amide bonds. The second-order valence-electron chi connectivity index (χ2n) is 6.26. The summed E-state index contributed by atoms with van der Waals surface area (Å²) in [5.74, 6) is -0.152. The predicted molar refractivity (Wildman–Crippen MR) is 87.0 cm³/mol. The summed E-state index contributed by atoms with van der Waals surface area (Å²) in [5, 5.41) is 35.0. The zero-order valence-corrected chi connectivity index (χ0v) is 14.2. The maximum absolute atomic E-state index is 11.7. The van der Waals surface area contributed by atoms with Gasteiger partial charge in [-0.25, -0.2) is 0 Å². The van der Waals surface area contributed by atoms with Crippen LogP contribution < -0.4 is 10.6 Å². The minimum absolute atomic E-state index is 0.152. The molecule has 5 N–H and O–H groups in total. The summed E-state index contributed by atoms with van der Waals surface area (Å²) < 4.78 is 5.41. The molecule has 136 valence electrons. The Labute approximate surface area is 138 Å². The van der Waals surface area contributed by atoms with Gasteiger partial charge in [0.05, 0.1) is 24.9 Å². The van der Waals surface area contributed by atoms with Gasteiger partial charge in [0.2, 0.25) is 5.91 Å². The second-order valence-corrected chi connectivity index (χ2v) is 6.26. The average Bonchev–Trinajstić information content (AvgIpc) is 2.54. The molecule has 0 unspecified atom stereocenters. The van der Waals surface area contributed by atoms with Crippen molar-refractivity contribution in [1.29, 1.82) is 0 Å². The van der Waals surface area contributed by atoms with Crippen LogP contribution in [0.4, 0.5) is 0 Å². The molecule has 5 atom stereocenters. The highest BCUT2D eigenvalue weighted by Gasteiger charge is 2.40. The van der Waals surface area contributed by atoms with Gasteiger partial charge in [0.15, 0.2) is 0 Å². The van der Waals surface area contributed by atoms with Crippen LogP contribution in [0.15, 0.2) is 0 Å². The van der Waals surface area contributed by atoms with E-state index in [4.69, 9.17) is 4.74 Å². The van der Waals surface area contributed by atoms with Crippen LogP contribution in [-0.2, 0) is 9.53 Å². The molecule has 7 heteroatoms. The van der Waals surface area contributed by atoms with Gasteiger partial charge in [-0.05, 0) is 13.3 Å². The Bertz CT molecular complexity index is 342. The maximum atomic E-state index is 11.7. The largest absolute Gasteiger partial charge is 0.389 e. The molecule has 23 heavy (non-hydrogen) atoms. The van der Waals surface area contributed by atoms with Gasteiger partial charge in [-0.15, -0.1) is 0 Å². The SMILES string of the molecule is CCCCCCOCCC(=O)NC[C@H]1N[C@H](C)[C@@H](O)[C@H](O)[C@H]1O. The van der Waals surface area contributed by atoms with E-state index in [0.717, 1.165) is 12.8 Å². The first-order valence-corrected chi connectivity index (χ1v) is 8.62. The number of carbonyl (C=O) groups is 1. The molecular weight excluding hydrogens is 300 g/mol. The van der Waals surface area contributed by atoms with E-state index in [1.165, 1.54) is 12.8 Å². The Kier molecular flexibility index (Phi) is 9.66. The van der Waals surface area contributed by atoms with Crippen molar-refractivity contribution < 1.29 is 24.9 Å². The van der Waals surface area contributed by atoms with E-state index in [1.807, 2.05) is 0 Å². The predicted octanol–water partition coefficient (Wildman–Crippen LogP) is -0.467. The van der Waals surface area contributed by atoms with E-state index >= 15 is 0 Å². The highest BCUT2D eigenvalue weighted by molar-refractivity contribution is 5.76. The summed E-state index contributed by atoms with van der Waals surface area (Å²) >= 11 is 0. The molecule has 1 aliphatic heterocycles. The third-order valence-electron chi connectivity index (χ3n) is 4.24. The minimum Gasteiger partial charge on any atom is -0.389 e. The number of piperidine rings is 1. The van der Waals surface area contributed by atoms with Crippen LogP contribution in [0.2, 0.25) is 0 Å². The number of carbonyl (C=O) groups excluding carboxylic acids is 1. The Hall–Kier alpha value is -0.730. The van der Waals surface area contributed by atoms with E-state index in [2.05, 4.69) is 17.6 Å². The fourth-order valence-electron chi connectivity index (χ4n) is 2.66. The number of aliphatic hydroxyl groups excluding tert-OH is 3. The number of amides is 1. The molecule has 0 aromatic carbocycles. The fourth-order valence-corrected chi connectivity index (χ4v) is 2.66. The highest BCUT2D eigenvalue weighted by atomic mass is 16.5. The molecule has 0 radical (unpaired) electrons. The highest BCUT2D eigenvalue weighted by Crippen LogP contribution is 2.14. The molecule has 0 spiro atoms. The molecule has 0 saturated carbocycles. The molecular formula is C16H32N2O5. The van der Waals surface area contributed by atoms with Gasteiger partial charge in [-0.1, -0.05) is 26.2 Å². The topological polar surface area (TPSA) is 111 Å². The average molecular weight is 332 g/mol. The number of ether oxygens (including phenoxy) is 1. The van der Waals surface area contributed by atoms with E-state index in [-0.39, 0.29) is 24.9 Å². The number of nitrogens with one attached hydrogen (secondary N) is 2. The fraction of sp³-hybridized carbons (Fsp3) is 0.938. The van der Waals surface area contributed by atoms with Gasteiger partial charge in [0, 0.05) is 25.6 Å². The minimum atomic E-state index is -1.21. The van der Waals surface area contributed by atoms with Gasteiger partial charge in [0.1, 0.15) is 6.10 Å². The van der Waals surface area contributed by atoms with Gasteiger partial charge in [0.25, 0.3) is 0 Å². The smallest absolute Gasteiger partial charge is 0.222 e. The lowest BCUT2D eigenvalue weighted by Gasteiger charge is -2.40. The second kappa shape index (κ2) is 10.9. The van der Waals surface area contributed by atoms with Crippen molar-refractivity contribution >= 4 is 5.91 Å². The number of rotatable bonds is 10. The normalized spacial score (nSPS) is 31.1. The molecule has 1 saturated heterocycles. The lowest BCUT2D eigenvalue weighted by Crippen LogP contribution is -2.66. The van der Waals surface area contributed by atoms with Crippen LogP contribution in [0.1, 0.15) is 46.0 Å². The molecule has 0 bridgehead atoms. The first-order chi connectivity index (χ1) is 11.0. The Balaban J connectivity index is 2.13. The third-order valence-corrected chi connectivity index (χ3v) is 4.24. The van der Waals surface area contributed by atoms with Crippen molar-refractivity contribution in [2.24, 2.45) is 0 Å². The molecule has 1 aliphatic rings. The first kappa shape index (κ1) is 20.3. The Morgan fingerprint density at radius 3 is 2.52 bits per heavy atom. The standard InChI is InChI=1S/C16H32N2O5/c1-3-4-5-6-8-23-9-7-13(19)17-10-12-15(21)16(22)14(20)11(2)18-12/h11-12,14-16,18,20-22H,3-10H2,1-2H3,(H,17,19)/t11-,12-,14-,15+,16+/m1/s1.